The van der Waals surface area contributed by atoms with Gasteiger partial charge in [-0.25, -0.2) is 5.84 Å². The highest BCUT2D eigenvalue weighted by molar-refractivity contribution is 9.10. The van der Waals surface area contributed by atoms with Gasteiger partial charge < -0.3 is 4.74 Å². The van der Waals surface area contributed by atoms with Crippen molar-refractivity contribution in [3.63, 3.8) is 0 Å². The van der Waals surface area contributed by atoms with E-state index in [9.17, 15) is 4.79 Å². The number of nitrogens with two attached hydrogens (primary N) is 1. The maximum absolute atomic E-state index is 11.3. The van der Waals surface area contributed by atoms with Crippen molar-refractivity contribution >= 4 is 21.8 Å². The number of ether oxygens (including phenoxy) is 1. The number of unbranched alkanes of at least 4 members (excludes halogenated alkanes) is 2. The highest BCUT2D eigenvalue weighted by Crippen LogP contribution is 2.19. The van der Waals surface area contributed by atoms with Crippen LogP contribution in [0.15, 0.2) is 22.7 Å². The number of carbonyl (C=O) groups is 1. The van der Waals surface area contributed by atoms with Gasteiger partial charge in [-0.15, -0.1) is 0 Å². The van der Waals surface area contributed by atoms with Gasteiger partial charge in [-0.2, -0.15) is 0 Å². The van der Waals surface area contributed by atoms with E-state index < -0.39 is 0 Å². The average molecular weight is 315 g/mol. The van der Waals surface area contributed by atoms with Crippen LogP contribution in [0, 0.1) is 0 Å². The monoisotopic (exact) mass is 314 g/mol. The van der Waals surface area contributed by atoms with Crippen LogP contribution in [0.25, 0.3) is 0 Å². The standard InChI is InChI=1S/C13H19BrN2O2/c1-2-3-4-7-18-9-11-6-5-10(8-12(11)14)13(17)16-15/h5-6,8H,2-4,7,9,15H2,1H3,(H,16,17). The topological polar surface area (TPSA) is 64.3 Å². The number of hydrogen-bond acceptors (Lipinski definition) is 3. The lowest BCUT2D eigenvalue weighted by molar-refractivity contribution is 0.0953. The van der Waals surface area contributed by atoms with E-state index >= 15 is 0 Å². The summed E-state index contributed by atoms with van der Waals surface area (Å²) in [6.45, 7) is 3.48. The van der Waals surface area contributed by atoms with Gasteiger partial charge in [0.1, 0.15) is 0 Å². The number of rotatable bonds is 7. The molecule has 18 heavy (non-hydrogen) atoms. The van der Waals surface area contributed by atoms with Gasteiger partial charge >= 0.3 is 0 Å². The van der Waals surface area contributed by atoms with Crippen LogP contribution in [0.3, 0.4) is 0 Å². The Labute approximate surface area is 116 Å². The first kappa shape index (κ1) is 15.1. The third kappa shape index (κ3) is 4.76. The highest BCUT2D eigenvalue weighted by Gasteiger charge is 2.07. The van der Waals surface area contributed by atoms with E-state index in [4.69, 9.17) is 10.6 Å². The van der Waals surface area contributed by atoms with Crippen LogP contribution in [0.1, 0.15) is 42.1 Å². The second kappa shape index (κ2) is 8.24. The molecule has 0 aliphatic carbocycles. The number of nitrogens with one attached hydrogen (secondary N) is 1. The minimum Gasteiger partial charge on any atom is -0.377 e. The zero-order chi connectivity index (χ0) is 13.4. The Morgan fingerprint density at radius 3 is 2.83 bits per heavy atom. The maximum atomic E-state index is 11.3. The maximum Gasteiger partial charge on any atom is 0.265 e. The lowest BCUT2D eigenvalue weighted by atomic mass is 10.1. The van der Waals surface area contributed by atoms with Crippen LogP contribution in [0.4, 0.5) is 0 Å². The molecule has 0 heterocycles. The fourth-order valence-electron chi connectivity index (χ4n) is 1.53. The molecule has 1 aromatic carbocycles. The van der Waals surface area contributed by atoms with Crippen molar-refractivity contribution in [1.82, 2.24) is 5.43 Å². The third-order valence-corrected chi connectivity index (χ3v) is 3.33. The fraction of sp³-hybridized carbons (Fsp3) is 0.462. The number of hydrazine groups is 1. The lowest BCUT2D eigenvalue weighted by Crippen LogP contribution is -2.29. The van der Waals surface area contributed by atoms with E-state index in [-0.39, 0.29) is 5.91 Å². The van der Waals surface area contributed by atoms with Crippen molar-refractivity contribution in [2.24, 2.45) is 5.84 Å². The number of halogens is 1. The van der Waals surface area contributed by atoms with Gasteiger partial charge in [0, 0.05) is 16.6 Å². The number of carbonyl (C=O) groups excluding carboxylic acids is 1. The molecule has 4 nitrogen and oxygen atoms in total. The van der Waals surface area contributed by atoms with Crippen LogP contribution < -0.4 is 11.3 Å². The van der Waals surface area contributed by atoms with Crippen LogP contribution in [0.5, 0.6) is 0 Å². The molecule has 0 unspecified atom stereocenters. The molecule has 5 heteroatoms. The Balaban J connectivity index is 2.49. The first-order chi connectivity index (χ1) is 8.69. The Kier molecular flexibility index (Phi) is 6.93. The molecule has 0 bridgehead atoms. The van der Waals surface area contributed by atoms with Crippen LogP contribution >= 0.6 is 15.9 Å². The van der Waals surface area contributed by atoms with Crippen LogP contribution in [0.2, 0.25) is 0 Å². The van der Waals surface area contributed by atoms with Crippen LogP contribution in [-0.4, -0.2) is 12.5 Å². The molecule has 3 N–H and O–H groups in total. The van der Waals surface area contributed by atoms with Crippen molar-refractivity contribution in [2.45, 2.75) is 32.8 Å². The van der Waals surface area contributed by atoms with E-state index in [2.05, 4.69) is 28.3 Å². The lowest BCUT2D eigenvalue weighted by Gasteiger charge is -2.08. The SMILES string of the molecule is CCCCCOCc1ccc(C(=O)NN)cc1Br. The minimum absolute atomic E-state index is 0.300. The normalized spacial score (nSPS) is 10.4. The summed E-state index contributed by atoms with van der Waals surface area (Å²) < 4.78 is 6.43. The summed E-state index contributed by atoms with van der Waals surface area (Å²) in [6, 6.07) is 5.35. The molecular weight excluding hydrogens is 296 g/mol. The predicted molar refractivity (Wildman–Crippen MR) is 75.0 cm³/mol. The van der Waals surface area contributed by atoms with Gasteiger partial charge in [0.15, 0.2) is 0 Å². The van der Waals surface area contributed by atoms with E-state index in [1.807, 2.05) is 6.07 Å². The van der Waals surface area contributed by atoms with Crippen molar-refractivity contribution < 1.29 is 9.53 Å². The quantitative estimate of drug-likeness (QED) is 0.352. The summed E-state index contributed by atoms with van der Waals surface area (Å²) >= 11 is 3.43. The Hall–Kier alpha value is -0.910. The molecule has 0 atom stereocenters. The summed E-state index contributed by atoms with van der Waals surface area (Å²) in [6.07, 6.45) is 3.47. The molecule has 100 valence electrons. The summed E-state index contributed by atoms with van der Waals surface area (Å²) in [4.78, 5) is 11.3. The van der Waals surface area contributed by atoms with E-state index in [0.29, 0.717) is 12.2 Å². The van der Waals surface area contributed by atoms with Gasteiger partial charge in [-0.1, -0.05) is 41.8 Å². The first-order valence-corrected chi connectivity index (χ1v) is 6.85. The van der Waals surface area contributed by atoms with Gasteiger partial charge in [-0.05, 0) is 24.1 Å². The Morgan fingerprint density at radius 1 is 1.44 bits per heavy atom. The van der Waals surface area contributed by atoms with Crippen molar-refractivity contribution in [1.29, 1.82) is 0 Å². The molecule has 0 aliphatic rings. The highest BCUT2D eigenvalue weighted by atomic mass is 79.9. The van der Waals surface area contributed by atoms with Crippen molar-refractivity contribution in [3.8, 4) is 0 Å². The number of benzene rings is 1. The molecule has 0 radical (unpaired) electrons. The molecule has 1 rings (SSSR count). The van der Waals surface area contributed by atoms with Gasteiger partial charge in [-0.3, -0.25) is 10.2 Å². The molecule has 0 fully saturated rings. The average Bonchev–Trinajstić information content (AvgIpc) is 2.39. The Bertz CT molecular complexity index is 397. The van der Waals surface area contributed by atoms with Gasteiger partial charge in [0.25, 0.3) is 5.91 Å². The molecule has 1 aromatic rings. The number of nitrogen functional groups attached to an aromatic ring is 1. The summed E-state index contributed by atoms with van der Waals surface area (Å²) in [5, 5.41) is 0. The molecule has 1 amide bonds. The minimum atomic E-state index is -0.300. The largest absolute Gasteiger partial charge is 0.377 e. The fourth-order valence-corrected chi connectivity index (χ4v) is 2.02. The summed E-state index contributed by atoms with van der Waals surface area (Å²) in [7, 11) is 0. The van der Waals surface area contributed by atoms with Crippen LogP contribution in [-0.2, 0) is 11.3 Å². The van der Waals surface area contributed by atoms with E-state index in [1.54, 1.807) is 12.1 Å². The molecule has 0 spiro atoms. The second-order valence-corrected chi connectivity index (χ2v) is 4.89. The predicted octanol–water partition coefficient (Wildman–Crippen LogP) is 2.76. The Morgan fingerprint density at radius 2 is 2.22 bits per heavy atom. The second-order valence-electron chi connectivity index (χ2n) is 4.04. The summed E-state index contributed by atoms with van der Waals surface area (Å²) in [5.74, 6) is 4.78. The summed E-state index contributed by atoms with van der Waals surface area (Å²) in [5.41, 5.74) is 3.66. The van der Waals surface area contributed by atoms with E-state index in [0.717, 1.165) is 23.1 Å². The van der Waals surface area contributed by atoms with Gasteiger partial charge in [0.2, 0.25) is 0 Å². The van der Waals surface area contributed by atoms with E-state index in [1.165, 1.54) is 12.8 Å². The smallest absolute Gasteiger partial charge is 0.265 e. The zero-order valence-electron chi connectivity index (χ0n) is 10.5. The van der Waals surface area contributed by atoms with Gasteiger partial charge in [0.05, 0.1) is 6.61 Å². The van der Waals surface area contributed by atoms with Crippen molar-refractivity contribution in [2.75, 3.05) is 6.61 Å². The zero-order valence-corrected chi connectivity index (χ0v) is 12.1. The molecule has 0 aliphatic heterocycles. The number of amides is 1. The molecule has 0 aromatic heterocycles. The molecular formula is C13H19BrN2O2. The molecule has 0 saturated heterocycles. The van der Waals surface area contributed by atoms with Crippen molar-refractivity contribution in [3.05, 3.63) is 33.8 Å². The third-order valence-electron chi connectivity index (χ3n) is 2.60. The molecule has 0 saturated carbocycles. The number of hydrogen-bond donors (Lipinski definition) is 2. The first-order valence-electron chi connectivity index (χ1n) is 6.06.